The number of hydrogen-bond acceptors (Lipinski definition) is 4. The third-order valence-corrected chi connectivity index (χ3v) is 4.64. The maximum absolute atomic E-state index is 14.3. The van der Waals surface area contributed by atoms with E-state index in [-0.39, 0.29) is 11.9 Å². The fourth-order valence-electron chi connectivity index (χ4n) is 2.66. The van der Waals surface area contributed by atoms with Crippen LogP contribution in [-0.2, 0) is 9.47 Å². The Bertz CT molecular complexity index is 609. The Kier molecular flexibility index (Phi) is 10.1. The minimum atomic E-state index is -0.316. The molecule has 0 aliphatic heterocycles. The topological polar surface area (TPSA) is 64.1 Å². The second-order valence-corrected chi connectivity index (χ2v) is 7.12. The summed E-state index contributed by atoms with van der Waals surface area (Å²) in [7, 11) is 3.39. The zero-order valence-electron chi connectivity index (χ0n) is 17.3. The Balaban J connectivity index is 1.69. The zero-order valence-corrected chi connectivity index (χ0v) is 17.3. The molecule has 1 aromatic rings. The monoisotopic (exact) mass is 395 g/mol. The van der Waals surface area contributed by atoms with Crippen LogP contribution in [0.5, 0.6) is 5.75 Å². The van der Waals surface area contributed by atoms with E-state index < -0.39 is 0 Å². The molecule has 0 amide bonds. The van der Waals surface area contributed by atoms with Gasteiger partial charge in [0, 0.05) is 27.3 Å². The van der Waals surface area contributed by atoms with E-state index in [9.17, 15) is 4.39 Å². The number of methoxy groups -OCH3 is 1. The second-order valence-electron chi connectivity index (χ2n) is 7.12. The Morgan fingerprint density at radius 2 is 2.07 bits per heavy atom. The number of benzene rings is 1. The van der Waals surface area contributed by atoms with E-state index in [0.717, 1.165) is 31.6 Å². The lowest BCUT2D eigenvalue weighted by Gasteiger charge is -2.19. The van der Waals surface area contributed by atoms with Gasteiger partial charge >= 0.3 is 0 Å². The number of nitrogens with zero attached hydrogens (tertiary/aromatic N) is 1. The lowest BCUT2D eigenvalue weighted by Crippen LogP contribution is -2.39. The molecule has 6 nitrogen and oxygen atoms in total. The third kappa shape index (κ3) is 8.44. The van der Waals surface area contributed by atoms with Gasteiger partial charge in [0.2, 0.25) is 0 Å². The summed E-state index contributed by atoms with van der Waals surface area (Å²) < 4.78 is 30.2. The minimum absolute atomic E-state index is 0.0736. The van der Waals surface area contributed by atoms with E-state index in [2.05, 4.69) is 15.6 Å². The van der Waals surface area contributed by atoms with Crippen molar-refractivity contribution in [3.8, 4) is 5.75 Å². The van der Waals surface area contributed by atoms with Crippen LogP contribution in [-0.4, -0.2) is 53.1 Å². The van der Waals surface area contributed by atoms with Crippen molar-refractivity contribution in [2.45, 2.75) is 38.6 Å². The van der Waals surface area contributed by atoms with Gasteiger partial charge in [-0.05, 0) is 56.2 Å². The standard InChI is InChI=1S/C21H34FN3O3/c1-16(18-8-9-20(19(22)14-18)28-15-17-6-7-17)25-21(23-2)24-10-4-5-11-27-13-12-26-3/h8-9,14,16-17H,4-7,10-13,15H2,1-3H3,(H2,23,24,25). The van der Waals surface area contributed by atoms with E-state index in [0.29, 0.717) is 37.4 Å². The lowest BCUT2D eigenvalue weighted by molar-refractivity contribution is 0.0689. The van der Waals surface area contributed by atoms with Gasteiger partial charge < -0.3 is 24.8 Å². The predicted molar refractivity (Wildman–Crippen MR) is 109 cm³/mol. The first kappa shape index (κ1) is 22.4. The number of ether oxygens (including phenoxy) is 3. The summed E-state index contributed by atoms with van der Waals surface area (Å²) in [6.45, 7) is 5.37. The highest BCUT2D eigenvalue weighted by molar-refractivity contribution is 5.80. The van der Waals surface area contributed by atoms with Crippen LogP contribution in [0.4, 0.5) is 4.39 Å². The van der Waals surface area contributed by atoms with E-state index in [1.54, 1.807) is 20.2 Å². The normalized spacial score (nSPS) is 15.4. The molecule has 7 heteroatoms. The number of guanidine groups is 1. The van der Waals surface area contributed by atoms with Gasteiger partial charge in [-0.3, -0.25) is 4.99 Å². The predicted octanol–water partition coefficient (Wildman–Crippen LogP) is 3.28. The molecule has 1 saturated carbocycles. The summed E-state index contributed by atoms with van der Waals surface area (Å²) in [6.07, 6.45) is 4.32. The maximum Gasteiger partial charge on any atom is 0.191 e. The molecule has 1 aromatic carbocycles. The van der Waals surface area contributed by atoms with E-state index >= 15 is 0 Å². The molecule has 1 aliphatic carbocycles. The zero-order chi connectivity index (χ0) is 20.2. The SMILES string of the molecule is CN=C(NCCCCOCCOC)NC(C)c1ccc(OCC2CC2)c(F)c1. The van der Waals surface area contributed by atoms with Crippen molar-refractivity contribution in [1.29, 1.82) is 0 Å². The van der Waals surface area contributed by atoms with Crippen molar-refractivity contribution >= 4 is 5.96 Å². The van der Waals surface area contributed by atoms with Crippen molar-refractivity contribution in [3.05, 3.63) is 29.6 Å². The third-order valence-electron chi connectivity index (χ3n) is 4.64. The fourth-order valence-corrected chi connectivity index (χ4v) is 2.66. The lowest BCUT2D eigenvalue weighted by atomic mass is 10.1. The van der Waals surface area contributed by atoms with Crippen molar-refractivity contribution < 1.29 is 18.6 Å². The Hall–Kier alpha value is -1.86. The fraction of sp³-hybridized carbons (Fsp3) is 0.667. The molecule has 1 aliphatic rings. The summed E-state index contributed by atoms with van der Waals surface area (Å²) in [5, 5.41) is 6.57. The van der Waals surface area contributed by atoms with Crippen LogP contribution in [0.1, 0.15) is 44.2 Å². The first-order chi connectivity index (χ1) is 13.6. The molecule has 2 N–H and O–H groups in total. The molecular formula is C21H34FN3O3. The van der Waals surface area contributed by atoms with Gasteiger partial charge in [-0.1, -0.05) is 6.07 Å². The van der Waals surface area contributed by atoms with E-state index in [1.807, 2.05) is 13.0 Å². The van der Waals surface area contributed by atoms with Gasteiger partial charge in [-0.2, -0.15) is 0 Å². The molecular weight excluding hydrogens is 361 g/mol. The quantitative estimate of drug-likeness (QED) is 0.305. The van der Waals surface area contributed by atoms with Gasteiger partial charge in [0.25, 0.3) is 0 Å². The Morgan fingerprint density at radius 1 is 1.25 bits per heavy atom. The maximum atomic E-state index is 14.3. The molecule has 0 saturated heterocycles. The molecule has 158 valence electrons. The first-order valence-electron chi connectivity index (χ1n) is 10.1. The number of rotatable bonds is 13. The molecule has 0 radical (unpaired) electrons. The van der Waals surface area contributed by atoms with E-state index in [1.165, 1.54) is 18.9 Å². The van der Waals surface area contributed by atoms with Crippen molar-refractivity contribution in [2.75, 3.05) is 47.1 Å². The van der Waals surface area contributed by atoms with Gasteiger partial charge in [-0.25, -0.2) is 4.39 Å². The second kappa shape index (κ2) is 12.6. The average molecular weight is 396 g/mol. The Morgan fingerprint density at radius 3 is 2.75 bits per heavy atom. The largest absolute Gasteiger partial charge is 0.490 e. The molecule has 0 spiro atoms. The molecule has 0 bridgehead atoms. The molecule has 28 heavy (non-hydrogen) atoms. The first-order valence-corrected chi connectivity index (χ1v) is 10.1. The number of halogens is 1. The molecule has 0 aromatic heterocycles. The van der Waals surface area contributed by atoms with Crippen molar-refractivity contribution in [3.63, 3.8) is 0 Å². The van der Waals surface area contributed by atoms with Crippen LogP contribution in [0.15, 0.2) is 23.2 Å². The summed E-state index contributed by atoms with van der Waals surface area (Å²) in [5.74, 6) is 1.31. The van der Waals surface area contributed by atoms with Crippen molar-refractivity contribution in [2.24, 2.45) is 10.9 Å². The van der Waals surface area contributed by atoms with Crippen LogP contribution in [0.3, 0.4) is 0 Å². The molecule has 1 atom stereocenters. The Labute approximate surface area is 167 Å². The highest BCUT2D eigenvalue weighted by atomic mass is 19.1. The summed E-state index contributed by atoms with van der Waals surface area (Å²) in [6, 6.07) is 5.07. The number of aliphatic imine (C=N–C) groups is 1. The van der Waals surface area contributed by atoms with Gasteiger partial charge in [-0.15, -0.1) is 0 Å². The summed E-state index contributed by atoms with van der Waals surface area (Å²) in [4.78, 5) is 4.24. The molecule has 0 heterocycles. The number of hydrogen-bond donors (Lipinski definition) is 2. The van der Waals surface area contributed by atoms with Gasteiger partial charge in [0.15, 0.2) is 17.5 Å². The highest BCUT2D eigenvalue weighted by Gasteiger charge is 2.22. The molecule has 1 fully saturated rings. The van der Waals surface area contributed by atoms with Crippen LogP contribution in [0, 0.1) is 11.7 Å². The number of unbranched alkanes of at least 4 members (excludes halogenated alkanes) is 1. The van der Waals surface area contributed by atoms with Crippen LogP contribution in [0.25, 0.3) is 0 Å². The average Bonchev–Trinajstić information content (AvgIpc) is 3.52. The van der Waals surface area contributed by atoms with Crippen LogP contribution >= 0.6 is 0 Å². The number of nitrogens with one attached hydrogen (secondary N) is 2. The summed E-state index contributed by atoms with van der Waals surface area (Å²) in [5.41, 5.74) is 0.853. The van der Waals surface area contributed by atoms with Crippen molar-refractivity contribution in [1.82, 2.24) is 10.6 Å². The van der Waals surface area contributed by atoms with Crippen LogP contribution in [0.2, 0.25) is 0 Å². The minimum Gasteiger partial charge on any atom is -0.490 e. The molecule has 1 unspecified atom stereocenters. The smallest absolute Gasteiger partial charge is 0.191 e. The van der Waals surface area contributed by atoms with Gasteiger partial charge in [0.05, 0.1) is 25.9 Å². The highest BCUT2D eigenvalue weighted by Crippen LogP contribution is 2.30. The van der Waals surface area contributed by atoms with Crippen LogP contribution < -0.4 is 15.4 Å². The van der Waals surface area contributed by atoms with Gasteiger partial charge in [0.1, 0.15) is 0 Å². The molecule has 2 rings (SSSR count). The summed E-state index contributed by atoms with van der Waals surface area (Å²) >= 11 is 0. The van der Waals surface area contributed by atoms with E-state index in [4.69, 9.17) is 14.2 Å².